The summed E-state index contributed by atoms with van der Waals surface area (Å²) < 4.78 is 0.857. The third kappa shape index (κ3) is 3.43. The van der Waals surface area contributed by atoms with Crippen molar-refractivity contribution in [2.45, 2.75) is 6.42 Å². The highest BCUT2D eigenvalue weighted by Gasteiger charge is 2.09. The first-order valence-corrected chi connectivity index (χ1v) is 8.23. The Labute approximate surface area is 143 Å². The molecular weight excluding hydrogens is 354 g/mol. The SMILES string of the molecule is NCCCNc1nc(-c2ccc(N)c(Br)c2)cc2ncccc12. The molecule has 23 heavy (non-hydrogen) atoms. The Bertz CT molecular complexity index is 834. The van der Waals surface area contributed by atoms with E-state index in [1.165, 1.54) is 0 Å². The maximum atomic E-state index is 5.86. The highest BCUT2D eigenvalue weighted by molar-refractivity contribution is 9.10. The van der Waals surface area contributed by atoms with E-state index in [2.05, 4.69) is 26.2 Å². The molecule has 0 fully saturated rings. The fourth-order valence-corrected chi connectivity index (χ4v) is 2.73. The van der Waals surface area contributed by atoms with Gasteiger partial charge in [-0.05, 0) is 59.2 Å². The molecule has 5 N–H and O–H groups in total. The summed E-state index contributed by atoms with van der Waals surface area (Å²) in [6, 6.07) is 11.7. The van der Waals surface area contributed by atoms with Gasteiger partial charge in [-0.1, -0.05) is 6.07 Å². The number of anilines is 2. The van der Waals surface area contributed by atoms with E-state index >= 15 is 0 Å². The van der Waals surface area contributed by atoms with Crippen molar-refractivity contribution in [3.63, 3.8) is 0 Å². The number of hydrogen-bond donors (Lipinski definition) is 3. The van der Waals surface area contributed by atoms with Gasteiger partial charge in [0.15, 0.2) is 0 Å². The summed E-state index contributed by atoms with van der Waals surface area (Å²) in [6.07, 6.45) is 2.68. The number of aromatic nitrogens is 2. The third-order valence-corrected chi connectivity index (χ3v) is 4.26. The quantitative estimate of drug-likeness (QED) is 0.472. The molecule has 3 rings (SSSR count). The van der Waals surface area contributed by atoms with Crippen molar-refractivity contribution in [1.29, 1.82) is 0 Å². The second-order valence-electron chi connectivity index (χ2n) is 5.23. The average molecular weight is 372 g/mol. The zero-order valence-corrected chi connectivity index (χ0v) is 14.2. The molecule has 6 heteroatoms. The van der Waals surface area contributed by atoms with Crippen LogP contribution in [-0.2, 0) is 0 Å². The smallest absolute Gasteiger partial charge is 0.136 e. The van der Waals surface area contributed by atoms with Crippen molar-refractivity contribution in [3.05, 3.63) is 47.1 Å². The van der Waals surface area contributed by atoms with Crippen LogP contribution in [0.3, 0.4) is 0 Å². The van der Waals surface area contributed by atoms with E-state index in [1.807, 2.05) is 36.4 Å². The molecule has 0 aliphatic heterocycles. The van der Waals surface area contributed by atoms with Gasteiger partial charge in [0.25, 0.3) is 0 Å². The highest BCUT2D eigenvalue weighted by Crippen LogP contribution is 2.30. The third-order valence-electron chi connectivity index (χ3n) is 3.57. The largest absolute Gasteiger partial charge is 0.398 e. The van der Waals surface area contributed by atoms with Crippen LogP contribution in [0.15, 0.2) is 47.1 Å². The summed E-state index contributed by atoms with van der Waals surface area (Å²) in [5.41, 5.74) is 14.9. The van der Waals surface area contributed by atoms with Crippen molar-refractivity contribution in [1.82, 2.24) is 9.97 Å². The predicted octanol–water partition coefficient (Wildman–Crippen LogP) is 3.40. The van der Waals surface area contributed by atoms with Crippen molar-refractivity contribution >= 4 is 38.3 Å². The molecule has 0 aliphatic carbocycles. The van der Waals surface area contributed by atoms with Crippen LogP contribution in [0, 0.1) is 0 Å². The second kappa shape index (κ2) is 6.93. The summed E-state index contributed by atoms with van der Waals surface area (Å²) in [6.45, 7) is 1.43. The van der Waals surface area contributed by atoms with E-state index in [-0.39, 0.29) is 0 Å². The van der Waals surface area contributed by atoms with Crippen LogP contribution in [-0.4, -0.2) is 23.1 Å². The molecule has 0 radical (unpaired) electrons. The van der Waals surface area contributed by atoms with Gasteiger partial charge >= 0.3 is 0 Å². The molecule has 0 aliphatic rings. The van der Waals surface area contributed by atoms with Gasteiger partial charge in [0.1, 0.15) is 5.82 Å². The number of rotatable bonds is 5. The number of nitrogens with one attached hydrogen (secondary N) is 1. The van der Waals surface area contributed by atoms with Crippen LogP contribution < -0.4 is 16.8 Å². The standard InChI is InChI=1S/C17H18BrN5/c18-13-9-11(4-5-14(13)20)15-10-16-12(3-1-7-21-16)17(23-15)22-8-2-6-19/h1,3-5,7,9-10H,2,6,8,19-20H2,(H,22,23). The lowest BCUT2D eigenvalue weighted by Gasteiger charge is -2.11. The number of nitrogen functional groups attached to an aromatic ring is 1. The molecule has 3 aromatic rings. The summed E-state index contributed by atoms with van der Waals surface area (Å²) in [5.74, 6) is 0.826. The van der Waals surface area contributed by atoms with E-state index in [4.69, 9.17) is 16.5 Å². The van der Waals surface area contributed by atoms with Crippen LogP contribution in [0.2, 0.25) is 0 Å². The van der Waals surface area contributed by atoms with E-state index in [1.54, 1.807) is 6.20 Å². The monoisotopic (exact) mass is 371 g/mol. The van der Waals surface area contributed by atoms with Gasteiger partial charge in [-0.25, -0.2) is 4.98 Å². The molecule has 5 nitrogen and oxygen atoms in total. The van der Waals surface area contributed by atoms with Gasteiger partial charge in [-0.2, -0.15) is 0 Å². The van der Waals surface area contributed by atoms with Crippen LogP contribution in [0.25, 0.3) is 22.2 Å². The Hall–Kier alpha value is -2.18. The summed E-state index contributed by atoms with van der Waals surface area (Å²) in [4.78, 5) is 9.22. The maximum Gasteiger partial charge on any atom is 0.136 e. The minimum Gasteiger partial charge on any atom is -0.398 e. The lowest BCUT2D eigenvalue weighted by Crippen LogP contribution is -2.10. The van der Waals surface area contributed by atoms with Gasteiger partial charge in [-0.15, -0.1) is 0 Å². The summed E-state index contributed by atoms with van der Waals surface area (Å²) >= 11 is 3.46. The van der Waals surface area contributed by atoms with Gasteiger partial charge < -0.3 is 16.8 Å². The predicted molar refractivity (Wildman–Crippen MR) is 99.2 cm³/mol. The van der Waals surface area contributed by atoms with Gasteiger partial charge in [-0.3, -0.25) is 4.98 Å². The molecule has 2 aromatic heterocycles. The first-order chi connectivity index (χ1) is 11.2. The molecule has 0 saturated heterocycles. The Morgan fingerprint density at radius 2 is 2.04 bits per heavy atom. The van der Waals surface area contributed by atoms with Crippen molar-refractivity contribution in [2.24, 2.45) is 5.73 Å². The fourth-order valence-electron chi connectivity index (χ4n) is 2.35. The van der Waals surface area contributed by atoms with E-state index in [0.717, 1.165) is 45.4 Å². The van der Waals surface area contributed by atoms with Crippen LogP contribution in [0.5, 0.6) is 0 Å². The fraction of sp³-hybridized carbons (Fsp3) is 0.176. The zero-order valence-electron chi connectivity index (χ0n) is 12.6. The summed E-state index contributed by atoms with van der Waals surface area (Å²) in [7, 11) is 0. The lowest BCUT2D eigenvalue weighted by atomic mass is 10.1. The van der Waals surface area contributed by atoms with Crippen molar-refractivity contribution < 1.29 is 0 Å². The normalized spacial score (nSPS) is 10.9. The lowest BCUT2D eigenvalue weighted by molar-refractivity contribution is 0.871. The van der Waals surface area contributed by atoms with Crippen molar-refractivity contribution in [2.75, 3.05) is 24.1 Å². The molecule has 0 bridgehead atoms. The first-order valence-electron chi connectivity index (χ1n) is 7.44. The van der Waals surface area contributed by atoms with Gasteiger partial charge in [0.05, 0.1) is 11.2 Å². The maximum absolute atomic E-state index is 5.86. The Balaban J connectivity index is 2.08. The number of nitrogens with zero attached hydrogens (tertiary/aromatic N) is 2. The van der Waals surface area contributed by atoms with Gasteiger partial charge in [0, 0.05) is 33.9 Å². The average Bonchev–Trinajstić information content (AvgIpc) is 2.57. The molecule has 0 atom stereocenters. The number of hydrogen-bond acceptors (Lipinski definition) is 5. The van der Waals surface area contributed by atoms with E-state index in [9.17, 15) is 0 Å². The Morgan fingerprint density at radius 1 is 1.17 bits per heavy atom. The number of pyridine rings is 2. The van der Waals surface area contributed by atoms with Crippen LogP contribution >= 0.6 is 15.9 Å². The zero-order chi connectivity index (χ0) is 16.2. The number of nitrogens with two attached hydrogens (primary N) is 2. The Kier molecular flexibility index (Phi) is 4.73. The van der Waals surface area contributed by atoms with E-state index in [0.29, 0.717) is 12.2 Å². The molecular formula is C17H18BrN5. The molecule has 1 aromatic carbocycles. The van der Waals surface area contributed by atoms with Crippen molar-refractivity contribution in [3.8, 4) is 11.3 Å². The second-order valence-corrected chi connectivity index (χ2v) is 6.09. The molecule has 0 saturated carbocycles. The summed E-state index contributed by atoms with van der Waals surface area (Å²) in [5, 5.41) is 4.36. The first kappa shape index (κ1) is 15.7. The molecule has 0 amide bonds. The van der Waals surface area contributed by atoms with Gasteiger partial charge in [0.2, 0.25) is 0 Å². The molecule has 0 spiro atoms. The molecule has 2 heterocycles. The number of fused-ring (bicyclic) bond motifs is 1. The molecule has 118 valence electrons. The number of halogens is 1. The minimum atomic E-state index is 0.647. The minimum absolute atomic E-state index is 0.647. The number of benzene rings is 1. The highest BCUT2D eigenvalue weighted by atomic mass is 79.9. The molecule has 0 unspecified atom stereocenters. The van der Waals surface area contributed by atoms with E-state index < -0.39 is 0 Å². The Morgan fingerprint density at radius 3 is 2.83 bits per heavy atom. The van der Waals surface area contributed by atoms with Crippen LogP contribution in [0.4, 0.5) is 11.5 Å². The topological polar surface area (TPSA) is 89.8 Å². The van der Waals surface area contributed by atoms with Crippen LogP contribution in [0.1, 0.15) is 6.42 Å².